The zero-order valence-corrected chi connectivity index (χ0v) is 22.5. The van der Waals surface area contributed by atoms with Crippen molar-refractivity contribution in [3.8, 4) is 10.4 Å². The van der Waals surface area contributed by atoms with E-state index >= 15 is 0 Å². The molecule has 0 saturated carbocycles. The number of nitrogens with zero attached hydrogens (tertiary/aromatic N) is 3. The first kappa shape index (κ1) is 27.6. The summed E-state index contributed by atoms with van der Waals surface area (Å²) in [5.74, 6) is -1.17. The first-order chi connectivity index (χ1) is 16.8. The van der Waals surface area contributed by atoms with Gasteiger partial charge < -0.3 is 20.4 Å². The van der Waals surface area contributed by atoms with Crippen molar-refractivity contribution in [2.75, 3.05) is 6.54 Å². The van der Waals surface area contributed by atoms with E-state index < -0.39 is 35.7 Å². The molecule has 0 bridgehead atoms. The Hall–Kier alpha value is -2.98. The number of carboxylic acid groups (broad SMARTS) is 1. The number of amides is 3. The fourth-order valence-corrected chi connectivity index (χ4v) is 5.46. The summed E-state index contributed by atoms with van der Waals surface area (Å²) in [6.07, 6.45) is -1.95. The molecule has 0 aliphatic carbocycles. The van der Waals surface area contributed by atoms with Crippen LogP contribution in [0.15, 0.2) is 29.8 Å². The maximum atomic E-state index is 13.6. The van der Waals surface area contributed by atoms with Crippen molar-refractivity contribution in [3.05, 3.63) is 41.0 Å². The number of rotatable bonds is 7. The Morgan fingerprint density at radius 3 is 2.36 bits per heavy atom. The number of aryl methyl sites for hydroxylation is 1. The maximum absolute atomic E-state index is 13.6. The molecule has 3 rings (SSSR count). The number of benzene rings is 1. The zero-order valence-electron chi connectivity index (χ0n) is 21.7. The number of hydrogen-bond acceptors (Lipinski definition) is 6. The van der Waals surface area contributed by atoms with Crippen LogP contribution in [-0.4, -0.2) is 73.2 Å². The molecule has 1 aliphatic rings. The van der Waals surface area contributed by atoms with Gasteiger partial charge in [0.25, 0.3) is 0 Å². The standard InChI is InChI=1S/C26H36N4O5S/c1-15(2)21(30(25(34)35)26(4,5)6)24(33)29-13-19(31)11-20(29)23(32)27-12-17-7-9-18(10-8-17)22-16(3)28-14-36-22/h7-10,14-15,19-21,31H,11-13H2,1-6H3,(H,27,32)(H,34,35)/t19-,20+,21+/m1/s1. The summed E-state index contributed by atoms with van der Waals surface area (Å²) in [5.41, 5.74) is 3.91. The lowest BCUT2D eigenvalue weighted by atomic mass is 9.95. The summed E-state index contributed by atoms with van der Waals surface area (Å²) in [5, 5.41) is 23.1. The predicted molar refractivity (Wildman–Crippen MR) is 139 cm³/mol. The van der Waals surface area contributed by atoms with E-state index in [1.54, 1.807) is 46.0 Å². The first-order valence-corrected chi connectivity index (χ1v) is 13.0. The largest absolute Gasteiger partial charge is 0.465 e. The third-order valence-corrected chi connectivity index (χ3v) is 7.36. The first-order valence-electron chi connectivity index (χ1n) is 12.1. The molecule has 1 fully saturated rings. The molecule has 36 heavy (non-hydrogen) atoms. The molecule has 3 atom stereocenters. The minimum absolute atomic E-state index is 0.0133. The van der Waals surface area contributed by atoms with Gasteiger partial charge in [-0.05, 0) is 44.7 Å². The van der Waals surface area contributed by atoms with Crippen LogP contribution >= 0.6 is 11.3 Å². The van der Waals surface area contributed by atoms with Gasteiger partial charge in [-0.15, -0.1) is 11.3 Å². The van der Waals surface area contributed by atoms with Gasteiger partial charge in [0.05, 0.1) is 22.2 Å². The summed E-state index contributed by atoms with van der Waals surface area (Å²) < 4.78 is 0. The van der Waals surface area contributed by atoms with Crippen molar-refractivity contribution in [2.24, 2.45) is 5.92 Å². The summed E-state index contributed by atoms with van der Waals surface area (Å²) in [6.45, 7) is 11.0. The summed E-state index contributed by atoms with van der Waals surface area (Å²) >= 11 is 1.57. The van der Waals surface area contributed by atoms with Gasteiger partial charge in [0.15, 0.2) is 0 Å². The number of thiazole rings is 1. The monoisotopic (exact) mass is 516 g/mol. The number of β-amino-alcohol motifs (C(OH)–C–C–N with tert-alkyl or cyclic N) is 1. The van der Waals surface area contributed by atoms with E-state index in [4.69, 9.17) is 0 Å². The second kappa shape index (κ2) is 11.0. The third kappa shape index (κ3) is 6.04. The van der Waals surface area contributed by atoms with Crippen LogP contribution in [0.2, 0.25) is 0 Å². The summed E-state index contributed by atoms with van der Waals surface area (Å²) in [4.78, 5) is 46.7. The predicted octanol–water partition coefficient (Wildman–Crippen LogP) is 3.50. The van der Waals surface area contributed by atoms with Crippen LogP contribution in [0.25, 0.3) is 10.4 Å². The minimum atomic E-state index is -1.20. The minimum Gasteiger partial charge on any atom is -0.465 e. The van der Waals surface area contributed by atoms with Crippen molar-refractivity contribution < 1.29 is 24.6 Å². The molecule has 9 nitrogen and oxygen atoms in total. The number of aromatic nitrogens is 1. The van der Waals surface area contributed by atoms with E-state index in [0.717, 1.165) is 26.6 Å². The van der Waals surface area contributed by atoms with Crippen molar-refractivity contribution >= 4 is 29.2 Å². The molecule has 1 aromatic carbocycles. The Balaban J connectivity index is 1.73. The molecule has 196 valence electrons. The van der Waals surface area contributed by atoms with Crippen LogP contribution in [0.4, 0.5) is 4.79 Å². The number of likely N-dealkylation sites (tertiary alicyclic amines) is 1. The van der Waals surface area contributed by atoms with Gasteiger partial charge in [0, 0.05) is 25.0 Å². The quantitative estimate of drug-likeness (QED) is 0.518. The van der Waals surface area contributed by atoms with Gasteiger partial charge in [0.2, 0.25) is 11.8 Å². The second-order valence-corrected chi connectivity index (χ2v) is 11.4. The highest BCUT2D eigenvalue weighted by Gasteiger charge is 2.46. The van der Waals surface area contributed by atoms with Crippen LogP contribution in [0, 0.1) is 12.8 Å². The number of carbonyl (C=O) groups excluding carboxylic acids is 2. The molecule has 1 aromatic heterocycles. The lowest BCUT2D eigenvalue weighted by Crippen LogP contribution is -2.61. The molecular formula is C26H36N4O5S. The van der Waals surface area contributed by atoms with Crippen molar-refractivity contribution in [1.29, 1.82) is 0 Å². The topological polar surface area (TPSA) is 123 Å². The highest BCUT2D eigenvalue weighted by atomic mass is 32.1. The van der Waals surface area contributed by atoms with E-state index in [9.17, 15) is 24.6 Å². The van der Waals surface area contributed by atoms with E-state index in [2.05, 4.69) is 10.3 Å². The number of carbonyl (C=O) groups is 3. The fourth-order valence-electron chi connectivity index (χ4n) is 4.65. The molecule has 1 saturated heterocycles. The van der Waals surface area contributed by atoms with Crippen LogP contribution in [0.1, 0.15) is 52.3 Å². The second-order valence-electron chi connectivity index (χ2n) is 10.6. The van der Waals surface area contributed by atoms with Gasteiger partial charge in [0.1, 0.15) is 12.1 Å². The Kier molecular flexibility index (Phi) is 8.40. The smallest absolute Gasteiger partial charge is 0.408 e. The Labute approximate surface area is 216 Å². The average molecular weight is 517 g/mol. The molecule has 0 unspecified atom stereocenters. The molecule has 3 amide bonds. The van der Waals surface area contributed by atoms with Crippen molar-refractivity contribution in [1.82, 2.24) is 20.1 Å². The van der Waals surface area contributed by atoms with E-state index in [0.29, 0.717) is 0 Å². The molecule has 2 heterocycles. The van der Waals surface area contributed by atoms with E-state index in [1.807, 2.05) is 36.7 Å². The lowest BCUT2D eigenvalue weighted by molar-refractivity contribution is -0.145. The van der Waals surface area contributed by atoms with Gasteiger partial charge in [-0.3, -0.25) is 14.5 Å². The van der Waals surface area contributed by atoms with E-state index in [1.165, 1.54) is 4.90 Å². The van der Waals surface area contributed by atoms with Gasteiger partial charge in [-0.1, -0.05) is 38.1 Å². The average Bonchev–Trinajstić information content (AvgIpc) is 3.39. The van der Waals surface area contributed by atoms with E-state index in [-0.39, 0.29) is 31.3 Å². The Morgan fingerprint density at radius 1 is 1.22 bits per heavy atom. The summed E-state index contributed by atoms with van der Waals surface area (Å²) in [7, 11) is 0. The fraction of sp³-hybridized carbons (Fsp3) is 0.538. The highest BCUT2D eigenvalue weighted by molar-refractivity contribution is 7.13. The summed E-state index contributed by atoms with van der Waals surface area (Å²) in [6, 6.07) is 5.98. The van der Waals surface area contributed by atoms with Crippen LogP contribution in [0.5, 0.6) is 0 Å². The van der Waals surface area contributed by atoms with Crippen molar-refractivity contribution in [2.45, 2.75) is 78.2 Å². The van der Waals surface area contributed by atoms with Crippen LogP contribution in [0.3, 0.4) is 0 Å². The third-order valence-electron chi connectivity index (χ3n) is 6.38. The molecule has 10 heteroatoms. The highest BCUT2D eigenvalue weighted by Crippen LogP contribution is 2.29. The zero-order chi connectivity index (χ0) is 26.8. The Bertz CT molecular complexity index is 1090. The van der Waals surface area contributed by atoms with Crippen molar-refractivity contribution in [3.63, 3.8) is 0 Å². The number of hydrogen-bond donors (Lipinski definition) is 3. The number of aliphatic hydroxyl groups is 1. The molecule has 0 radical (unpaired) electrons. The van der Waals surface area contributed by atoms with Crippen LogP contribution in [-0.2, 0) is 16.1 Å². The van der Waals surface area contributed by atoms with Crippen LogP contribution < -0.4 is 5.32 Å². The lowest BCUT2D eigenvalue weighted by Gasteiger charge is -2.42. The number of nitrogens with one attached hydrogen (secondary N) is 1. The normalized spacial score (nSPS) is 18.8. The van der Waals surface area contributed by atoms with Gasteiger partial charge in [-0.2, -0.15) is 0 Å². The SMILES string of the molecule is Cc1ncsc1-c1ccc(CNC(=O)[C@@H]2C[C@@H](O)CN2C(=O)[C@H](C(C)C)N(C(=O)O)C(C)(C)C)cc1. The van der Waals surface area contributed by atoms with Gasteiger partial charge in [-0.25, -0.2) is 9.78 Å². The molecular weight excluding hydrogens is 480 g/mol. The number of aliphatic hydroxyl groups excluding tert-OH is 1. The van der Waals surface area contributed by atoms with Gasteiger partial charge >= 0.3 is 6.09 Å². The molecule has 1 aliphatic heterocycles. The maximum Gasteiger partial charge on any atom is 0.408 e. The molecule has 0 spiro atoms. The molecule has 2 aromatic rings. The Morgan fingerprint density at radius 2 is 1.86 bits per heavy atom. The molecule has 3 N–H and O–H groups in total.